The van der Waals surface area contributed by atoms with Crippen molar-refractivity contribution in [1.29, 1.82) is 0 Å². The summed E-state index contributed by atoms with van der Waals surface area (Å²) in [5, 5.41) is 11.2. The maximum absolute atomic E-state index is 12.4. The molecule has 5 aromatic rings. The number of anilines is 1. The van der Waals surface area contributed by atoms with Gasteiger partial charge in [-0.05, 0) is 41.2 Å². The number of hydrogen-bond donors (Lipinski definition) is 2. The monoisotopic (exact) mass is 491 g/mol. The molecule has 0 aliphatic rings. The molecule has 176 valence electrons. The Balaban J connectivity index is 1.29. The van der Waals surface area contributed by atoms with E-state index >= 15 is 0 Å². The highest BCUT2D eigenvalue weighted by atomic mass is 35.5. The van der Waals surface area contributed by atoms with Crippen molar-refractivity contribution in [3.8, 4) is 11.3 Å². The molecule has 0 unspecified atom stereocenters. The Labute approximate surface area is 215 Å². The Morgan fingerprint density at radius 1 is 0.972 bits per heavy atom. The second-order valence-corrected chi connectivity index (χ2v) is 8.92. The van der Waals surface area contributed by atoms with Crippen LogP contribution in [0.1, 0.15) is 27.0 Å². The van der Waals surface area contributed by atoms with Crippen molar-refractivity contribution in [2.24, 2.45) is 0 Å². The highest BCUT2D eigenvalue weighted by Gasteiger charge is 2.12. The molecule has 6 nitrogen and oxygen atoms in total. The molecule has 36 heavy (non-hydrogen) atoms. The van der Waals surface area contributed by atoms with Gasteiger partial charge in [0.15, 0.2) is 5.65 Å². The van der Waals surface area contributed by atoms with Crippen LogP contribution in [0.4, 0.5) is 5.82 Å². The normalized spacial score (nSPS) is 10.9. The maximum Gasteiger partial charge on any atom is 0.253 e. The van der Waals surface area contributed by atoms with Gasteiger partial charge in [0.2, 0.25) is 0 Å². The summed E-state index contributed by atoms with van der Waals surface area (Å²) in [4.78, 5) is 17.1. The van der Waals surface area contributed by atoms with Gasteiger partial charge in [0.05, 0.1) is 16.3 Å². The quantitative estimate of drug-likeness (QED) is 0.324. The fourth-order valence-corrected chi connectivity index (χ4v) is 4.22. The minimum atomic E-state index is -0.198. The number of carbonyl (C=O) groups is 1. The lowest BCUT2D eigenvalue weighted by atomic mass is 10.00. The summed E-state index contributed by atoms with van der Waals surface area (Å²) >= 11 is 6.11. The molecule has 0 fully saturated rings. The standard InChI is InChI=1S/C28H23BClN5O/c1-18-6-2-3-7-21(18)25-14-26(35-27(34-25)23(29)17-33-35)31-15-19-10-12-20(13-11-19)16-32-28(36)22-8-4-5-9-24(22)30/h2-14,17,31H,15-16H2,1H3,(H,32,36). The third kappa shape index (κ3) is 4.97. The van der Waals surface area contributed by atoms with Gasteiger partial charge in [-0.3, -0.25) is 4.79 Å². The van der Waals surface area contributed by atoms with Gasteiger partial charge >= 0.3 is 0 Å². The summed E-state index contributed by atoms with van der Waals surface area (Å²) < 4.78 is 1.72. The molecule has 8 heteroatoms. The topological polar surface area (TPSA) is 71.3 Å². The summed E-state index contributed by atoms with van der Waals surface area (Å²) in [5.41, 5.74) is 6.70. The number of nitrogens with zero attached hydrogens (tertiary/aromatic N) is 3. The molecular formula is C28H23BClN5O. The number of carbonyl (C=O) groups excluding carboxylic acids is 1. The molecule has 2 radical (unpaired) electrons. The molecule has 3 aromatic carbocycles. The first-order chi connectivity index (χ1) is 17.5. The van der Waals surface area contributed by atoms with Crippen molar-refractivity contribution >= 4 is 42.3 Å². The van der Waals surface area contributed by atoms with Crippen molar-refractivity contribution in [3.63, 3.8) is 0 Å². The van der Waals surface area contributed by atoms with Crippen LogP contribution in [0, 0.1) is 6.92 Å². The molecule has 2 aromatic heterocycles. The maximum atomic E-state index is 12.4. The zero-order valence-electron chi connectivity index (χ0n) is 19.7. The molecule has 2 N–H and O–H groups in total. The first-order valence-corrected chi connectivity index (χ1v) is 11.9. The van der Waals surface area contributed by atoms with E-state index in [2.05, 4.69) is 28.7 Å². The van der Waals surface area contributed by atoms with Crippen LogP contribution in [0.3, 0.4) is 0 Å². The van der Waals surface area contributed by atoms with E-state index in [9.17, 15) is 4.79 Å². The number of benzene rings is 3. The SMILES string of the molecule is [B]c1cnn2c(NCc3ccc(CNC(=O)c4ccccc4Cl)cc3)cc(-c3ccccc3C)nc12. The van der Waals surface area contributed by atoms with Gasteiger partial charge in [-0.2, -0.15) is 9.61 Å². The molecular weight excluding hydrogens is 469 g/mol. The third-order valence-corrected chi connectivity index (χ3v) is 6.32. The van der Waals surface area contributed by atoms with Crippen molar-refractivity contribution in [1.82, 2.24) is 19.9 Å². The molecule has 0 aliphatic carbocycles. The van der Waals surface area contributed by atoms with Crippen molar-refractivity contribution < 1.29 is 4.79 Å². The molecule has 0 atom stereocenters. The summed E-state index contributed by atoms with van der Waals surface area (Å²) in [6, 6.07) is 25.2. The van der Waals surface area contributed by atoms with Crippen molar-refractivity contribution in [2.75, 3.05) is 5.32 Å². The smallest absolute Gasteiger partial charge is 0.253 e. The Bertz CT molecular complexity index is 1550. The second kappa shape index (κ2) is 10.3. The van der Waals surface area contributed by atoms with Crippen molar-refractivity contribution in [2.45, 2.75) is 20.0 Å². The van der Waals surface area contributed by atoms with E-state index in [0.717, 1.165) is 33.8 Å². The van der Waals surface area contributed by atoms with Gasteiger partial charge in [0, 0.05) is 30.9 Å². The number of fused-ring (bicyclic) bond motifs is 1. The van der Waals surface area contributed by atoms with Crippen LogP contribution in [0.15, 0.2) is 85.1 Å². The third-order valence-electron chi connectivity index (χ3n) is 5.99. The van der Waals surface area contributed by atoms with Gasteiger partial charge in [-0.25, -0.2) is 4.98 Å². The Morgan fingerprint density at radius 3 is 2.42 bits per heavy atom. The van der Waals surface area contributed by atoms with Crippen LogP contribution >= 0.6 is 11.6 Å². The molecule has 0 aliphatic heterocycles. The summed E-state index contributed by atoms with van der Waals surface area (Å²) in [6.07, 6.45) is 1.61. The van der Waals surface area contributed by atoms with E-state index in [-0.39, 0.29) is 5.91 Å². The molecule has 2 heterocycles. The minimum Gasteiger partial charge on any atom is -0.366 e. The zero-order valence-corrected chi connectivity index (χ0v) is 20.5. The number of hydrogen-bond acceptors (Lipinski definition) is 4. The number of rotatable bonds is 7. The molecule has 0 spiro atoms. The first kappa shape index (κ1) is 23.6. The number of aryl methyl sites for hydroxylation is 1. The number of halogens is 1. The number of amides is 1. The average Bonchev–Trinajstić information content (AvgIpc) is 3.27. The first-order valence-electron chi connectivity index (χ1n) is 11.5. The molecule has 0 saturated carbocycles. The van der Waals surface area contributed by atoms with Gasteiger partial charge in [-0.15, -0.1) is 0 Å². The van der Waals surface area contributed by atoms with Crippen LogP contribution in [0.25, 0.3) is 16.9 Å². The van der Waals surface area contributed by atoms with Crippen LogP contribution in [-0.2, 0) is 13.1 Å². The summed E-state index contributed by atoms with van der Waals surface area (Å²) in [7, 11) is 6.14. The largest absolute Gasteiger partial charge is 0.366 e. The van der Waals surface area contributed by atoms with Gasteiger partial charge in [0.25, 0.3) is 5.91 Å². The fraction of sp³-hybridized carbons (Fsp3) is 0.107. The predicted molar refractivity (Wildman–Crippen MR) is 145 cm³/mol. The van der Waals surface area contributed by atoms with E-state index in [0.29, 0.717) is 34.8 Å². The lowest BCUT2D eigenvalue weighted by Gasteiger charge is -2.13. The van der Waals surface area contributed by atoms with E-state index in [4.69, 9.17) is 24.4 Å². The van der Waals surface area contributed by atoms with E-state index in [1.807, 2.05) is 48.5 Å². The Hall–Kier alpha value is -4.10. The van der Waals surface area contributed by atoms with Crippen LogP contribution in [0.5, 0.6) is 0 Å². The predicted octanol–water partition coefficient (Wildman–Crippen LogP) is 4.69. The van der Waals surface area contributed by atoms with Crippen molar-refractivity contribution in [3.05, 3.63) is 112 Å². The molecule has 1 amide bonds. The molecule has 0 bridgehead atoms. The van der Waals surface area contributed by atoms with Crippen LogP contribution in [-0.4, -0.2) is 28.4 Å². The van der Waals surface area contributed by atoms with E-state index in [1.165, 1.54) is 0 Å². The molecule has 5 rings (SSSR count). The van der Waals surface area contributed by atoms with E-state index < -0.39 is 0 Å². The van der Waals surface area contributed by atoms with Gasteiger partial charge in [-0.1, -0.05) is 72.3 Å². The van der Waals surface area contributed by atoms with Crippen LogP contribution in [0.2, 0.25) is 5.02 Å². The lowest BCUT2D eigenvalue weighted by Crippen LogP contribution is -2.23. The Kier molecular flexibility index (Phi) is 6.74. The highest BCUT2D eigenvalue weighted by molar-refractivity contribution is 6.36. The van der Waals surface area contributed by atoms with Gasteiger partial charge < -0.3 is 10.6 Å². The van der Waals surface area contributed by atoms with E-state index in [1.54, 1.807) is 35.0 Å². The molecule has 0 saturated heterocycles. The lowest BCUT2D eigenvalue weighted by molar-refractivity contribution is 0.0951. The summed E-state index contributed by atoms with van der Waals surface area (Å²) in [6.45, 7) is 3.06. The second-order valence-electron chi connectivity index (χ2n) is 8.51. The highest BCUT2D eigenvalue weighted by Crippen LogP contribution is 2.25. The number of nitrogens with one attached hydrogen (secondary N) is 2. The average molecular weight is 492 g/mol. The van der Waals surface area contributed by atoms with Gasteiger partial charge in [0.1, 0.15) is 13.7 Å². The minimum absolute atomic E-state index is 0.198. The Morgan fingerprint density at radius 2 is 1.67 bits per heavy atom. The zero-order chi connectivity index (χ0) is 25.1. The fourth-order valence-electron chi connectivity index (χ4n) is 3.99. The van der Waals surface area contributed by atoms with Crippen LogP contribution < -0.4 is 16.1 Å². The summed E-state index contributed by atoms with van der Waals surface area (Å²) in [5.74, 6) is 0.599. The number of aromatic nitrogens is 3.